The summed E-state index contributed by atoms with van der Waals surface area (Å²) in [4.78, 5) is 0. The van der Waals surface area contributed by atoms with Gasteiger partial charge in [0.15, 0.2) is 0 Å². The number of hydrogen-bond acceptors (Lipinski definition) is 6. The smallest absolute Gasteiger partial charge is 0.143 e. The number of furan rings is 1. The molecule has 3 heterocycles. The van der Waals surface area contributed by atoms with Gasteiger partial charge in [-0.1, -0.05) is 170 Å². The zero-order valence-corrected chi connectivity index (χ0v) is 32.5. The predicted octanol–water partition coefficient (Wildman–Crippen LogP) is 13.7. The highest BCUT2D eigenvalue weighted by Gasteiger charge is 2.21. The third kappa shape index (κ3) is 5.84. The van der Waals surface area contributed by atoms with Crippen molar-refractivity contribution in [1.82, 2.24) is 10.6 Å². The number of thiophene rings is 2. The quantitative estimate of drug-likeness (QED) is 0.128. The molecule has 0 aliphatic heterocycles. The fraction of sp³-hybridized carbons (Fsp3) is 0.0588. The molecule has 11 rings (SSSR count). The second-order valence-electron chi connectivity index (χ2n) is 14.6. The van der Waals surface area contributed by atoms with Gasteiger partial charge >= 0.3 is 0 Å². The summed E-state index contributed by atoms with van der Waals surface area (Å²) in [6.07, 6.45) is -0.524. The second kappa shape index (κ2) is 14.1. The van der Waals surface area contributed by atoms with Gasteiger partial charge in [-0.2, -0.15) is 0 Å². The maximum Gasteiger partial charge on any atom is 0.143 e. The van der Waals surface area contributed by atoms with Gasteiger partial charge in [-0.15, -0.1) is 22.7 Å². The van der Waals surface area contributed by atoms with E-state index in [4.69, 9.17) is 10.2 Å². The van der Waals surface area contributed by atoms with E-state index in [1.807, 2.05) is 46.9 Å². The Morgan fingerprint density at radius 2 is 0.930 bits per heavy atom. The minimum atomic E-state index is -0.342. The van der Waals surface area contributed by atoms with E-state index in [0.717, 1.165) is 44.2 Å². The summed E-state index contributed by atoms with van der Waals surface area (Å²) in [6, 6.07) is 62.6. The first-order valence-corrected chi connectivity index (χ1v) is 21.0. The second-order valence-corrected chi connectivity index (χ2v) is 16.7. The fourth-order valence-electron chi connectivity index (χ4n) is 8.50. The predicted molar refractivity (Wildman–Crippen MR) is 243 cm³/mol. The average molecular weight is 772 g/mol. The third-order valence-electron chi connectivity index (χ3n) is 11.2. The van der Waals surface area contributed by atoms with Crippen LogP contribution in [0.4, 0.5) is 0 Å². The average Bonchev–Trinajstić information content (AvgIpc) is 3.97. The van der Waals surface area contributed by atoms with Crippen LogP contribution in [0.3, 0.4) is 0 Å². The molecule has 4 nitrogen and oxygen atoms in total. The number of nitrogens with one attached hydrogen (secondary N) is 2. The molecule has 2 unspecified atom stereocenters. The van der Waals surface area contributed by atoms with Gasteiger partial charge in [0, 0.05) is 85.5 Å². The molecule has 0 spiro atoms. The fourth-order valence-corrected chi connectivity index (χ4v) is 11.1. The minimum absolute atomic E-state index is 0.182. The van der Waals surface area contributed by atoms with Crippen LogP contribution in [0.25, 0.3) is 84.5 Å². The van der Waals surface area contributed by atoms with Crippen molar-refractivity contribution in [3.8, 4) is 22.3 Å². The summed E-state index contributed by atoms with van der Waals surface area (Å²) in [5.41, 5.74) is 16.6. The molecule has 8 aromatic carbocycles. The molecule has 3 aromatic heterocycles. The molecule has 0 bridgehead atoms. The molecule has 11 aromatic rings. The molecule has 6 heteroatoms. The summed E-state index contributed by atoms with van der Waals surface area (Å²) in [5, 5.41) is 14.8. The van der Waals surface area contributed by atoms with E-state index in [0.29, 0.717) is 6.54 Å². The molecule has 57 heavy (non-hydrogen) atoms. The van der Waals surface area contributed by atoms with Crippen LogP contribution in [-0.2, 0) is 6.54 Å². The van der Waals surface area contributed by atoms with E-state index in [-0.39, 0.29) is 12.3 Å². The van der Waals surface area contributed by atoms with E-state index in [2.05, 4.69) is 162 Å². The van der Waals surface area contributed by atoms with Crippen LogP contribution in [-0.4, -0.2) is 0 Å². The molecular formula is C51H37N3OS2. The van der Waals surface area contributed by atoms with Gasteiger partial charge in [-0.25, -0.2) is 0 Å². The molecule has 0 saturated heterocycles. The van der Waals surface area contributed by atoms with Gasteiger partial charge in [0.1, 0.15) is 11.2 Å². The van der Waals surface area contributed by atoms with Crippen LogP contribution in [0.1, 0.15) is 29.0 Å². The van der Waals surface area contributed by atoms with Crippen LogP contribution in [0.15, 0.2) is 180 Å². The number of nitrogens with two attached hydrogens (primary N) is 1. The Kier molecular flexibility index (Phi) is 8.46. The molecule has 2 atom stereocenters. The van der Waals surface area contributed by atoms with Crippen molar-refractivity contribution >= 4 is 85.0 Å². The molecule has 0 saturated carbocycles. The van der Waals surface area contributed by atoms with Gasteiger partial charge in [0.25, 0.3) is 0 Å². The summed E-state index contributed by atoms with van der Waals surface area (Å²) in [7, 11) is 0. The molecule has 0 fully saturated rings. The number of fused-ring (bicyclic) bond motifs is 9. The van der Waals surface area contributed by atoms with Crippen LogP contribution in [0.5, 0.6) is 0 Å². The summed E-state index contributed by atoms with van der Waals surface area (Å²) in [6.45, 7) is 0.585. The molecule has 0 aliphatic rings. The first kappa shape index (κ1) is 34.2. The Morgan fingerprint density at radius 3 is 1.61 bits per heavy atom. The van der Waals surface area contributed by atoms with Crippen molar-refractivity contribution in [3.05, 3.63) is 193 Å². The lowest BCUT2D eigenvalue weighted by atomic mass is 9.98. The topological polar surface area (TPSA) is 63.2 Å². The van der Waals surface area contributed by atoms with Crippen molar-refractivity contribution in [3.63, 3.8) is 0 Å². The number of hydrogen-bond donors (Lipinski definition) is 3. The molecule has 4 N–H and O–H groups in total. The summed E-state index contributed by atoms with van der Waals surface area (Å²) < 4.78 is 12.2. The largest absolute Gasteiger partial charge is 0.455 e. The number of rotatable bonds is 9. The maximum absolute atomic E-state index is 6.97. The van der Waals surface area contributed by atoms with Crippen molar-refractivity contribution in [2.75, 3.05) is 0 Å². The first-order chi connectivity index (χ1) is 28.2. The lowest BCUT2D eigenvalue weighted by molar-refractivity contribution is 0.385. The standard InChI is InChI=1S/C51H37N3OS2/c52-50(31-14-3-1-4-15-31)54-51(32-16-5-2-6-17-32)53-30-33-18-9-20-35-36-21-10-22-37(46(36)55-45(33)35)39-24-12-26-42-43-28-13-27-41(49(43)57-48(39)42)40-25-11-23-38-34-19-7-8-29-44(34)56-47(38)40/h1-29,50-51,53-54H,30,52H2. The Hall–Kier alpha value is -6.12. The van der Waals surface area contributed by atoms with E-state index >= 15 is 0 Å². The Morgan fingerprint density at radius 1 is 0.439 bits per heavy atom. The molecular weight excluding hydrogens is 735 g/mol. The van der Waals surface area contributed by atoms with Gasteiger partial charge < -0.3 is 10.2 Å². The van der Waals surface area contributed by atoms with Crippen molar-refractivity contribution in [2.24, 2.45) is 5.73 Å². The highest BCUT2D eigenvalue weighted by atomic mass is 32.1. The lowest BCUT2D eigenvalue weighted by Gasteiger charge is -2.25. The minimum Gasteiger partial charge on any atom is -0.455 e. The third-order valence-corrected chi connectivity index (χ3v) is 13.8. The SMILES string of the molecule is NC(NC(NCc1cccc2c1oc1c(-c3cccc4c3sc3c(-c5cccc6c5sc5ccccc56)cccc34)cccc12)c1ccccc1)c1ccccc1. The van der Waals surface area contributed by atoms with E-state index < -0.39 is 0 Å². The van der Waals surface area contributed by atoms with Crippen LogP contribution < -0.4 is 16.4 Å². The Labute approximate surface area is 337 Å². The van der Waals surface area contributed by atoms with Gasteiger partial charge in [-0.3, -0.25) is 10.6 Å². The molecule has 0 aliphatic carbocycles. The zero-order valence-electron chi connectivity index (χ0n) is 30.9. The highest BCUT2D eigenvalue weighted by Crippen LogP contribution is 2.48. The van der Waals surface area contributed by atoms with Gasteiger partial charge in [0.05, 0.1) is 12.3 Å². The van der Waals surface area contributed by atoms with Crippen molar-refractivity contribution in [2.45, 2.75) is 18.9 Å². The maximum atomic E-state index is 6.97. The summed E-state index contributed by atoms with van der Waals surface area (Å²) >= 11 is 3.77. The Balaban J connectivity index is 0.995. The summed E-state index contributed by atoms with van der Waals surface area (Å²) in [5.74, 6) is 0. The number of para-hydroxylation sites is 2. The van der Waals surface area contributed by atoms with Crippen LogP contribution >= 0.6 is 22.7 Å². The van der Waals surface area contributed by atoms with E-state index in [9.17, 15) is 0 Å². The number of benzene rings is 8. The Bertz CT molecular complexity index is 3250. The zero-order chi connectivity index (χ0) is 37.9. The van der Waals surface area contributed by atoms with E-state index in [1.54, 1.807) is 0 Å². The van der Waals surface area contributed by atoms with Gasteiger partial charge in [-0.05, 0) is 17.2 Å². The van der Waals surface area contributed by atoms with E-state index in [1.165, 1.54) is 57.0 Å². The van der Waals surface area contributed by atoms with Crippen molar-refractivity contribution < 1.29 is 4.42 Å². The van der Waals surface area contributed by atoms with Crippen molar-refractivity contribution in [1.29, 1.82) is 0 Å². The normalized spacial score (nSPS) is 13.1. The monoisotopic (exact) mass is 771 g/mol. The molecule has 0 radical (unpaired) electrons. The van der Waals surface area contributed by atoms with Crippen LogP contribution in [0.2, 0.25) is 0 Å². The van der Waals surface area contributed by atoms with Gasteiger partial charge in [0.2, 0.25) is 0 Å². The first-order valence-electron chi connectivity index (χ1n) is 19.3. The molecule has 0 amide bonds. The highest BCUT2D eigenvalue weighted by molar-refractivity contribution is 7.27. The van der Waals surface area contributed by atoms with Crippen LogP contribution in [0, 0.1) is 0 Å². The molecule has 274 valence electrons. The lowest BCUT2D eigenvalue weighted by Crippen LogP contribution is -2.39.